The molecule has 2 atom stereocenters. The highest BCUT2D eigenvalue weighted by molar-refractivity contribution is 5.36. The van der Waals surface area contributed by atoms with E-state index in [1.165, 1.54) is 0 Å². The summed E-state index contributed by atoms with van der Waals surface area (Å²) in [6, 6.07) is 7.91. The predicted octanol–water partition coefficient (Wildman–Crippen LogP) is 2.52. The van der Waals surface area contributed by atoms with E-state index in [9.17, 15) is 10.1 Å². The summed E-state index contributed by atoms with van der Waals surface area (Å²) in [6.07, 6.45) is 0.671. The molecule has 1 fully saturated rings. The van der Waals surface area contributed by atoms with Crippen molar-refractivity contribution in [3.8, 4) is 0 Å². The minimum atomic E-state index is -0.716. The average molecular weight is 191 g/mol. The van der Waals surface area contributed by atoms with Gasteiger partial charge in [-0.05, 0) is 18.1 Å². The maximum atomic E-state index is 10.8. The van der Waals surface area contributed by atoms with Crippen LogP contribution in [-0.2, 0) is 0 Å². The van der Waals surface area contributed by atoms with E-state index >= 15 is 0 Å². The zero-order chi connectivity index (χ0) is 10.3. The molecule has 74 valence electrons. The largest absolute Gasteiger partial charge is 0.264 e. The van der Waals surface area contributed by atoms with E-state index in [-0.39, 0.29) is 10.8 Å². The van der Waals surface area contributed by atoms with Crippen LogP contribution in [0.1, 0.15) is 30.4 Å². The lowest BCUT2D eigenvalue weighted by molar-refractivity contribution is -0.535. The molecule has 1 aliphatic rings. The number of aryl methyl sites for hydroxylation is 1. The monoisotopic (exact) mass is 191 g/mol. The van der Waals surface area contributed by atoms with Gasteiger partial charge >= 0.3 is 0 Å². The molecule has 0 amide bonds. The highest BCUT2D eigenvalue weighted by atomic mass is 16.6. The SMILES string of the molecule is Cc1ccccc1C1CC1(C)[N+](=O)[O-]. The number of rotatable bonds is 2. The van der Waals surface area contributed by atoms with Gasteiger partial charge in [-0.3, -0.25) is 10.1 Å². The van der Waals surface area contributed by atoms with Crippen LogP contribution in [0, 0.1) is 17.0 Å². The Morgan fingerprint density at radius 3 is 2.64 bits per heavy atom. The second kappa shape index (κ2) is 2.80. The van der Waals surface area contributed by atoms with Crippen molar-refractivity contribution in [2.45, 2.75) is 31.7 Å². The Labute approximate surface area is 82.9 Å². The van der Waals surface area contributed by atoms with Gasteiger partial charge in [-0.1, -0.05) is 24.3 Å². The Hall–Kier alpha value is -1.38. The highest BCUT2D eigenvalue weighted by Crippen LogP contribution is 2.53. The molecule has 3 heteroatoms. The molecule has 2 unspecified atom stereocenters. The van der Waals surface area contributed by atoms with Crippen molar-refractivity contribution < 1.29 is 4.92 Å². The van der Waals surface area contributed by atoms with Crippen LogP contribution in [-0.4, -0.2) is 10.5 Å². The van der Waals surface area contributed by atoms with Crippen LogP contribution in [0.4, 0.5) is 0 Å². The molecular formula is C11H13NO2. The first-order chi connectivity index (χ1) is 6.55. The molecule has 1 aromatic carbocycles. The van der Waals surface area contributed by atoms with E-state index < -0.39 is 5.54 Å². The van der Waals surface area contributed by atoms with Gasteiger partial charge in [0.1, 0.15) is 0 Å². The molecule has 0 aromatic heterocycles. The zero-order valence-electron chi connectivity index (χ0n) is 8.36. The summed E-state index contributed by atoms with van der Waals surface area (Å²) in [6.45, 7) is 3.73. The third kappa shape index (κ3) is 1.20. The van der Waals surface area contributed by atoms with Crippen molar-refractivity contribution in [3.05, 3.63) is 45.5 Å². The molecule has 14 heavy (non-hydrogen) atoms. The van der Waals surface area contributed by atoms with Crippen molar-refractivity contribution in [1.29, 1.82) is 0 Å². The molecule has 0 aliphatic heterocycles. The molecule has 0 radical (unpaired) electrons. The highest BCUT2D eigenvalue weighted by Gasteiger charge is 2.62. The molecule has 2 rings (SSSR count). The van der Waals surface area contributed by atoms with E-state index in [4.69, 9.17) is 0 Å². The average Bonchev–Trinajstić information content (AvgIpc) is 2.80. The smallest absolute Gasteiger partial charge is 0.227 e. The molecule has 0 N–H and O–H groups in total. The maximum Gasteiger partial charge on any atom is 0.227 e. The van der Waals surface area contributed by atoms with E-state index in [1.807, 2.05) is 31.2 Å². The second-order valence-electron chi connectivity index (χ2n) is 4.23. The third-order valence-electron chi connectivity index (χ3n) is 3.19. The molecule has 3 nitrogen and oxygen atoms in total. The molecule has 0 spiro atoms. The fourth-order valence-electron chi connectivity index (χ4n) is 1.98. The van der Waals surface area contributed by atoms with Gasteiger partial charge in [0.2, 0.25) is 5.54 Å². The third-order valence-corrected chi connectivity index (χ3v) is 3.19. The van der Waals surface area contributed by atoms with Crippen molar-refractivity contribution in [1.82, 2.24) is 0 Å². The molecule has 1 aromatic rings. The molecule has 0 bridgehead atoms. The van der Waals surface area contributed by atoms with Crippen molar-refractivity contribution in [3.63, 3.8) is 0 Å². The standard InChI is InChI=1S/C11H13NO2/c1-8-5-3-4-6-9(8)10-7-11(10,2)12(13)14/h3-6,10H,7H2,1-2H3. The van der Waals surface area contributed by atoms with Gasteiger partial charge in [0, 0.05) is 18.3 Å². The maximum absolute atomic E-state index is 10.8. The molecule has 1 aliphatic carbocycles. The Morgan fingerprint density at radius 1 is 1.50 bits per heavy atom. The molecule has 0 saturated heterocycles. The normalized spacial score (nSPS) is 30.0. The van der Waals surface area contributed by atoms with Gasteiger partial charge in [0.15, 0.2) is 0 Å². The summed E-state index contributed by atoms with van der Waals surface area (Å²) >= 11 is 0. The minimum absolute atomic E-state index is 0.110. The van der Waals surface area contributed by atoms with Crippen LogP contribution in [0.5, 0.6) is 0 Å². The number of nitrogens with zero attached hydrogens (tertiary/aromatic N) is 1. The van der Waals surface area contributed by atoms with Crippen LogP contribution in [0.2, 0.25) is 0 Å². The first-order valence-electron chi connectivity index (χ1n) is 4.76. The van der Waals surface area contributed by atoms with Crippen LogP contribution in [0.15, 0.2) is 24.3 Å². The summed E-state index contributed by atoms with van der Waals surface area (Å²) in [5.74, 6) is 0.110. The van der Waals surface area contributed by atoms with E-state index in [2.05, 4.69) is 0 Å². The second-order valence-corrected chi connectivity index (χ2v) is 4.23. The van der Waals surface area contributed by atoms with Crippen molar-refractivity contribution in [2.24, 2.45) is 0 Å². The zero-order valence-corrected chi connectivity index (χ0v) is 8.36. The minimum Gasteiger partial charge on any atom is -0.264 e. The van der Waals surface area contributed by atoms with Gasteiger partial charge in [0.05, 0.1) is 5.92 Å². The van der Waals surface area contributed by atoms with Gasteiger partial charge < -0.3 is 0 Å². The Balaban J connectivity index is 2.29. The molecular weight excluding hydrogens is 178 g/mol. The van der Waals surface area contributed by atoms with Gasteiger partial charge in [0.25, 0.3) is 0 Å². The summed E-state index contributed by atoms with van der Waals surface area (Å²) in [5.41, 5.74) is 1.57. The van der Waals surface area contributed by atoms with Crippen molar-refractivity contribution in [2.75, 3.05) is 0 Å². The number of hydrogen-bond donors (Lipinski definition) is 0. The first kappa shape index (κ1) is 9.19. The quantitative estimate of drug-likeness (QED) is 0.532. The van der Waals surface area contributed by atoms with Crippen LogP contribution in [0.3, 0.4) is 0 Å². The lowest BCUT2D eigenvalue weighted by Crippen LogP contribution is -2.18. The number of nitro groups is 1. The summed E-state index contributed by atoms with van der Waals surface area (Å²) < 4.78 is 0. The van der Waals surface area contributed by atoms with E-state index in [0.717, 1.165) is 11.1 Å². The van der Waals surface area contributed by atoms with Gasteiger partial charge in [-0.2, -0.15) is 0 Å². The van der Waals surface area contributed by atoms with E-state index in [0.29, 0.717) is 6.42 Å². The van der Waals surface area contributed by atoms with Crippen LogP contribution < -0.4 is 0 Å². The Bertz CT molecular complexity index is 389. The predicted molar refractivity (Wildman–Crippen MR) is 53.9 cm³/mol. The van der Waals surface area contributed by atoms with E-state index in [1.54, 1.807) is 6.92 Å². The topological polar surface area (TPSA) is 43.1 Å². The van der Waals surface area contributed by atoms with Crippen LogP contribution in [0.25, 0.3) is 0 Å². The number of benzene rings is 1. The fraction of sp³-hybridized carbons (Fsp3) is 0.455. The van der Waals surface area contributed by atoms with Gasteiger partial charge in [-0.25, -0.2) is 0 Å². The lowest BCUT2D eigenvalue weighted by Gasteiger charge is -2.05. The Morgan fingerprint density at radius 2 is 2.14 bits per heavy atom. The number of hydrogen-bond acceptors (Lipinski definition) is 2. The first-order valence-corrected chi connectivity index (χ1v) is 4.76. The summed E-state index contributed by atoms with van der Waals surface area (Å²) in [7, 11) is 0. The van der Waals surface area contributed by atoms with Gasteiger partial charge in [-0.15, -0.1) is 0 Å². The summed E-state index contributed by atoms with van der Waals surface area (Å²) in [5, 5.41) is 10.8. The van der Waals surface area contributed by atoms with Crippen molar-refractivity contribution >= 4 is 0 Å². The Kier molecular flexibility index (Phi) is 1.84. The fourth-order valence-corrected chi connectivity index (χ4v) is 1.98. The lowest BCUT2D eigenvalue weighted by atomic mass is 10.0. The van der Waals surface area contributed by atoms with Crippen LogP contribution >= 0.6 is 0 Å². The molecule has 1 saturated carbocycles. The molecule has 0 heterocycles. The summed E-state index contributed by atoms with van der Waals surface area (Å²) in [4.78, 5) is 10.6.